The van der Waals surface area contributed by atoms with Crippen molar-refractivity contribution in [3.63, 3.8) is 0 Å². The van der Waals surface area contributed by atoms with E-state index in [1.54, 1.807) is 9.80 Å². The third-order valence-corrected chi connectivity index (χ3v) is 21.9. The topological polar surface area (TPSA) is 579 Å². The minimum Gasteiger partial charge on any atom is -0.394 e. The summed E-state index contributed by atoms with van der Waals surface area (Å²) in [5, 5.41) is 107. The first-order chi connectivity index (χ1) is 52.9. The van der Waals surface area contributed by atoms with Gasteiger partial charge in [0, 0.05) is 125 Å². The van der Waals surface area contributed by atoms with E-state index < -0.39 is 197 Å². The summed E-state index contributed by atoms with van der Waals surface area (Å²) in [4.78, 5) is 130. The van der Waals surface area contributed by atoms with Crippen molar-refractivity contribution < 1.29 is 164 Å². The van der Waals surface area contributed by atoms with Crippen molar-refractivity contribution in [2.24, 2.45) is 0 Å². The lowest BCUT2D eigenvalue weighted by Gasteiger charge is -2.42. The van der Waals surface area contributed by atoms with Crippen molar-refractivity contribution in [1.29, 1.82) is 0 Å². The Labute approximate surface area is 652 Å². The molecule has 6 aliphatic rings. The smallest absolute Gasteiger partial charge is 0.325 e. The van der Waals surface area contributed by atoms with Gasteiger partial charge in [0.2, 0.25) is 47.3 Å². The zero-order valence-electron chi connectivity index (χ0n) is 62.5. The zero-order valence-corrected chi connectivity index (χ0v) is 66.0. The molecule has 6 aliphatic heterocycles. The predicted molar refractivity (Wildman–Crippen MR) is 386 cm³/mol. The molecular formula is C64H113N9O34P2S2. The molecule has 17 unspecified atom stereocenters. The van der Waals surface area contributed by atoms with Gasteiger partial charge in [0.1, 0.15) is 97.5 Å². The summed E-state index contributed by atoms with van der Waals surface area (Å²) in [7, 11) is 1.22. The second-order valence-corrected chi connectivity index (χ2v) is 32.5. The first-order valence-corrected chi connectivity index (χ1v) is 41.9. The summed E-state index contributed by atoms with van der Waals surface area (Å²) in [5.41, 5.74) is 0. The molecule has 6 fully saturated rings. The fourth-order valence-corrected chi connectivity index (χ4v) is 15.5. The molecule has 6 saturated heterocycles. The van der Waals surface area contributed by atoms with Crippen molar-refractivity contribution in [3.05, 3.63) is 0 Å². The lowest BCUT2D eigenvalue weighted by atomic mass is 9.97. The van der Waals surface area contributed by atoms with Crippen LogP contribution >= 0.6 is 13.4 Å². The Morgan fingerprint density at radius 1 is 0.477 bits per heavy atom. The van der Waals surface area contributed by atoms with Gasteiger partial charge >= 0.3 is 13.4 Å². The van der Waals surface area contributed by atoms with E-state index in [1.807, 2.05) is 0 Å². The second kappa shape index (κ2) is 49.3. The van der Waals surface area contributed by atoms with Crippen molar-refractivity contribution in [3.8, 4) is 0 Å². The molecule has 8 amide bonds. The largest absolute Gasteiger partial charge is 0.394 e. The SMILES string of the molecule is COP(O)(=S)O[C@@H]1CO[C@H]2[C@@H]1OC[C@H]2OP(O)(=S)OC1CCN(C(=O)CCCC(=O)N(CCC(=O)NCCOCCOC2OC(CO)C(O)C(O)C2NC(C)=O)CCN(CCC(=O)NCCOCCOC2OC(CO)C(O)C(O)C2NC(C)=O)CCC(=O)NCCOCCOC2OC(CO)C(O)C(O)C2NC(C)=O)CC1. The number of nitrogens with zero attached hydrogens (tertiary/aromatic N) is 3. The van der Waals surface area contributed by atoms with E-state index in [0.29, 0.717) is 12.8 Å². The number of hydrogen-bond acceptors (Lipinski definition) is 35. The number of amides is 8. The van der Waals surface area contributed by atoms with E-state index in [9.17, 15) is 94.1 Å². The third-order valence-electron chi connectivity index (χ3n) is 18.5. The van der Waals surface area contributed by atoms with Crippen molar-refractivity contribution in [2.45, 2.75) is 195 Å². The molecule has 0 spiro atoms. The highest BCUT2D eigenvalue weighted by atomic mass is 32.5. The molecular weight excluding hydrogens is 1560 g/mol. The van der Waals surface area contributed by atoms with Crippen LogP contribution in [0.3, 0.4) is 0 Å². The molecule has 0 aliphatic carbocycles. The number of aliphatic hydroxyl groups excluding tert-OH is 9. The first kappa shape index (κ1) is 95.8. The van der Waals surface area contributed by atoms with Crippen LogP contribution in [0.25, 0.3) is 0 Å². The molecule has 0 aromatic heterocycles. The molecule has 21 atom stereocenters. The van der Waals surface area contributed by atoms with Crippen LogP contribution in [0, 0.1) is 0 Å². The Hall–Kier alpha value is -4.02. The lowest BCUT2D eigenvalue weighted by molar-refractivity contribution is -0.272. The Balaban J connectivity index is 1.03. The molecule has 6 heterocycles. The lowest BCUT2D eigenvalue weighted by Crippen LogP contribution is -2.64. The van der Waals surface area contributed by atoms with Crippen LogP contribution in [0.4, 0.5) is 0 Å². The van der Waals surface area contributed by atoms with E-state index in [-0.39, 0.29) is 183 Å². The van der Waals surface area contributed by atoms with Crippen LogP contribution in [-0.4, -0.2) is 405 Å². The number of hydrogen-bond donors (Lipinski definition) is 17. The van der Waals surface area contributed by atoms with E-state index in [1.165, 1.54) is 32.8 Å². The average Bonchev–Trinajstić information content (AvgIpc) is 1.69. The minimum absolute atomic E-state index is 0.00857. The molecule has 43 nitrogen and oxygen atoms in total. The molecule has 111 heavy (non-hydrogen) atoms. The fraction of sp³-hybridized carbons (Fsp3) is 0.875. The quantitative estimate of drug-likeness (QED) is 0.0199. The summed E-state index contributed by atoms with van der Waals surface area (Å²) in [6.45, 7) is -5.58. The maximum Gasteiger partial charge on any atom is 0.325 e. The Kier molecular flexibility index (Phi) is 42.5. The van der Waals surface area contributed by atoms with Crippen molar-refractivity contribution in [1.82, 2.24) is 46.6 Å². The number of carbonyl (C=O) groups is 8. The first-order valence-electron chi connectivity index (χ1n) is 36.7. The fourth-order valence-electron chi connectivity index (χ4n) is 12.7. The number of likely N-dealkylation sites (tertiary alicyclic amines) is 1. The van der Waals surface area contributed by atoms with Gasteiger partial charge in [-0.25, -0.2) is 0 Å². The standard InChI is InChI=1S/C64H113N9O34P2S2/c1-37(77)68-51-57(88)54(85)41(32-74)102-62(51)97-29-26-94-23-13-65-46(80)10-16-71(17-11-47(81)66-14-24-95-27-30-98-63-52(69-38(2)78)58(89)55(86)42(33-75)103-63)21-22-73(20-12-48(82)67-15-25-96-28-31-99-64-53(70-39(3)79)59(90)56(87)43(34-76)104-64)50(84)7-5-6-49(83)72-18-8-40(9-19-72)105-109(92,111)107-45-36-101-60-44(35-100-61(45)60)106-108(91,110)93-4/h40-45,51-64,74-76,85-90H,5-36H2,1-4H3,(H,65,80)(H,66,81)(H,67,82)(H,68,77)(H,69,78)(H,70,79)(H,91,110)(H,92,111)/t41?,42?,43?,44-,45-,51?,52?,53?,54?,55?,56?,57?,58?,59?,60-,61-,62?,63?,64?,108?,109?/m1/s1. The zero-order chi connectivity index (χ0) is 81.4. The average molecular weight is 1680 g/mol. The van der Waals surface area contributed by atoms with Gasteiger partial charge in [0.05, 0.1) is 98.6 Å². The van der Waals surface area contributed by atoms with E-state index >= 15 is 0 Å². The van der Waals surface area contributed by atoms with E-state index in [2.05, 4.69) is 31.9 Å². The Morgan fingerprint density at radius 3 is 1.23 bits per heavy atom. The molecule has 640 valence electrons. The highest BCUT2D eigenvalue weighted by molar-refractivity contribution is 8.07. The molecule has 0 saturated carbocycles. The molecule has 0 aromatic rings. The maximum atomic E-state index is 14.3. The number of carbonyl (C=O) groups excluding carboxylic acids is 8. The monoisotopic (exact) mass is 1680 g/mol. The van der Waals surface area contributed by atoms with Gasteiger partial charge in [-0.15, -0.1) is 0 Å². The van der Waals surface area contributed by atoms with Crippen molar-refractivity contribution in [2.75, 3.05) is 165 Å². The number of rotatable bonds is 50. The van der Waals surface area contributed by atoms with Crippen LogP contribution in [0.1, 0.15) is 72.1 Å². The Bertz CT molecular complexity index is 2910. The van der Waals surface area contributed by atoms with Gasteiger partial charge in [-0.3, -0.25) is 38.4 Å². The normalized spacial score (nSPS) is 30.0. The number of piperidine rings is 1. The minimum atomic E-state index is -3.88. The summed E-state index contributed by atoms with van der Waals surface area (Å²) >= 11 is 10.4. The molecule has 6 rings (SSSR count). The van der Waals surface area contributed by atoms with E-state index in [4.69, 9.17) is 93.8 Å². The van der Waals surface area contributed by atoms with Gasteiger partial charge in [-0.2, -0.15) is 0 Å². The molecule has 0 bridgehead atoms. The summed E-state index contributed by atoms with van der Waals surface area (Å²) in [6.07, 6.45) is -19.8. The highest BCUT2D eigenvalue weighted by Crippen LogP contribution is 2.52. The van der Waals surface area contributed by atoms with Gasteiger partial charge in [0.15, 0.2) is 18.9 Å². The van der Waals surface area contributed by atoms with E-state index in [0.717, 1.165) is 0 Å². The number of nitrogens with one attached hydrogen (secondary N) is 6. The van der Waals surface area contributed by atoms with Crippen molar-refractivity contribution >= 4 is 84.3 Å². The van der Waals surface area contributed by atoms with Crippen LogP contribution in [0.15, 0.2) is 0 Å². The Morgan fingerprint density at radius 2 is 0.856 bits per heavy atom. The van der Waals surface area contributed by atoms with Crippen LogP contribution in [0.5, 0.6) is 0 Å². The maximum absolute atomic E-state index is 14.3. The summed E-state index contributed by atoms with van der Waals surface area (Å²) < 4.78 is 84.3. The highest BCUT2D eigenvalue weighted by Gasteiger charge is 2.53. The predicted octanol–water partition coefficient (Wildman–Crippen LogP) is -8.61. The van der Waals surface area contributed by atoms with Gasteiger partial charge in [-0.1, -0.05) is 0 Å². The molecule has 0 aromatic carbocycles. The summed E-state index contributed by atoms with van der Waals surface area (Å²) in [6, 6.07) is -3.50. The number of ether oxygens (including phenoxy) is 11. The van der Waals surface area contributed by atoms with Gasteiger partial charge < -0.3 is 173 Å². The van der Waals surface area contributed by atoms with Crippen LogP contribution in [-0.2, 0) is 132 Å². The molecule has 47 heteroatoms. The molecule has 0 radical (unpaired) electrons. The van der Waals surface area contributed by atoms with Gasteiger partial charge in [-0.05, 0) is 42.9 Å². The van der Waals surface area contributed by atoms with Crippen LogP contribution in [0.2, 0.25) is 0 Å². The van der Waals surface area contributed by atoms with Gasteiger partial charge in [0.25, 0.3) is 0 Å². The number of fused-ring (bicyclic) bond motifs is 1. The second-order valence-electron chi connectivity index (χ2n) is 26.8. The molecule has 17 N–H and O–H groups in total. The number of aliphatic hydroxyl groups is 9. The summed E-state index contributed by atoms with van der Waals surface area (Å²) in [5.74, 6) is -3.58. The van der Waals surface area contributed by atoms with Crippen LogP contribution < -0.4 is 31.9 Å². The third kappa shape index (κ3) is 32.4.